The van der Waals surface area contributed by atoms with Crippen molar-refractivity contribution in [2.75, 3.05) is 19.6 Å². The zero-order chi connectivity index (χ0) is 10.7. The third kappa shape index (κ3) is 2.71. The van der Waals surface area contributed by atoms with Gasteiger partial charge in [0, 0.05) is 13.1 Å². The molecule has 1 amide bonds. The largest absolute Gasteiger partial charge is 0.355 e. The van der Waals surface area contributed by atoms with Crippen molar-refractivity contribution >= 4 is 5.91 Å². The highest BCUT2D eigenvalue weighted by Crippen LogP contribution is 2.21. The first-order valence-corrected chi connectivity index (χ1v) is 6.29. The summed E-state index contributed by atoms with van der Waals surface area (Å²) in [6, 6.07) is 0.162. The Labute approximate surface area is 92.2 Å². The maximum absolute atomic E-state index is 11.9. The van der Waals surface area contributed by atoms with E-state index < -0.39 is 0 Å². The molecule has 2 fully saturated rings. The molecule has 1 N–H and O–H groups in total. The average Bonchev–Trinajstić information content (AvgIpc) is 2.43. The van der Waals surface area contributed by atoms with Gasteiger partial charge in [0.2, 0.25) is 5.91 Å². The summed E-state index contributed by atoms with van der Waals surface area (Å²) in [4.78, 5) is 14.3. The van der Waals surface area contributed by atoms with E-state index in [4.69, 9.17) is 0 Å². The molecule has 3 heteroatoms. The van der Waals surface area contributed by atoms with Crippen LogP contribution in [0.5, 0.6) is 0 Å². The summed E-state index contributed by atoms with van der Waals surface area (Å²) in [7, 11) is 0. The quantitative estimate of drug-likeness (QED) is 0.709. The van der Waals surface area contributed by atoms with Crippen molar-refractivity contribution in [1.29, 1.82) is 0 Å². The SMILES string of the molecule is CC1CCCN(C2CCCCNC2=O)C1. The normalized spacial score (nSPS) is 34.6. The van der Waals surface area contributed by atoms with Crippen LogP contribution in [0.25, 0.3) is 0 Å². The van der Waals surface area contributed by atoms with Gasteiger partial charge in [0.1, 0.15) is 0 Å². The van der Waals surface area contributed by atoms with Crippen LogP contribution in [0.1, 0.15) is 39.0 Å². The minimum absolute atomic E-state index is 0.162. The van der Waals surface area contributed by atoms with Crippen LogP contribution in [0.4, 0.5) is 0 Å². The molecule has 2 saturated heterocycles. The van der Waals surface area contributed by atoms with Gasteiger partial charge in [0.15, 0.2) is 0 Å². The Hall–Kier alpha value is -0.570. The highest BCUT2D eigenvalue weighted by Gasteiger charge is 2.29. The summed E-state index contributed by atoms with van der Waals surface area (Å²) in [5.74, 6) is 1.02. The fourth-order valence-corrected chi connectivity index (χ4v) is 2.78. The van der Waals surface area contributed by atoms with Gasteiger partial charge in [-0.25, -0.2) is 0 Å². The molecule has 2 rings (SSSR count). The Balaban J connectivity index is 1.97. The van der Waals surface area contributed by atoms with E-state index in [1.807, 2.05) is 0 Å². The number of amides is 1. The van der Waals surface area contributed by atoms with Crippen molar-refractivity contribution < 1.29 is 4.79 Å². The number of likely N-dealkylation sites (tertiary alicyclic amines) is 1. The Morgan fingerprint density at radius 1 is 1.27 bits per heavy atom. The summed E-state index contributed by atoms with van der Waals surface area (Å²) in [5, 5.41) is 3.03. The molecule has 15 heavy (non-hydrogen) atoms. The van der Waals surface area contributed by atoms with E-state index in [-0.39, 0.29) is 11.9 Å². The second-order valence-electron chi connectivity index (χ2n) is 5.04. The van der Waals surface area contributed by atoms with E-state index in [9.17, 15) is 4.79 Å². The maximum atomic E-state index is 11.9. The third-order valence-corrected chi connectivity index (χ3v) is 3.64. The average molecular weight is 210 g/mol. The van der Waals surface area contributed by atoms with Gasteiger partial charge in [0.05, 0.1) is 6.04 Å². The number of nitrogens with one attached hydrogen (secondary N) is 1. The summed E-state index contributed by atoms with van der Waals surface area (Å²) in [6.45, 7) is 5.39. The van der Waals surface area contributed by atoms with Crippen LogP contribution in [-0.4, -0.2) is 36.5 Å². The Bertz CT molecular complexity index is 230. The lowest BCUT2D eigenvalue weighted by Gasteiger charge is -2.35. The van der Waals surface area contributed by atoms with Crippen molar-refractivity contribution in [3.05, 3.63) is 0 Å². The second kappa shape index (κ2) is 4.97. The van der Waals surface area contributed by atoms with Gasteiger partial charge in [-0.3, -0.25) is 9.69 Å². The van der Waals surface area contributed by atoms with E-state index in [0.29, 0.717) is 0 Å². The molecule has 0 aliphatic carbocycles. The maximum Gasteiger partial charge on any atom is 0.237 e. The molecule has 0 saturated carbocycles. The van der Waals surface area contributed by atoms with E-state index in [0.717, 1.165) is 38.4 Å². The van der Waals surface area contributed by atoms with E-state index in [1.165, 1.54) is 19.3 Å². The first-order valence-electron chi connectivity index (χ1n) is 6.29. The second-order valence-corrected chi connectivity index (χ2v) is 5.04. The molecular formula is C12H22N2O. The van der Waals surface area contributed by atoms with Gasteiger partial charge in [-0.15, -0.1) is 0 Å². The first kappa shape index (κ1) is 10.9. The minimum atomic E-state index is 0.162. The monoisotopic (exact) mass is 210 g/mol. The summed E-state index contributed by atoms with van der Waals surface area (Å²) in [5.41, 5.74) is 0. The Morgan fingerprint density at radius 2 is 2.13 bits per heavy atom. The molecule has 2 atom stereocenters. The van der Waals surface area contributed by atoms with Crippen LogP contribution in [-0.2, 0) is 4.79 Å². The molecule has 0 aromatic heterocycles. The zero-order valence-electron chi connectivity index (χ0n) is 9.67. The van der Waals surface area contributed by atoms with Crippen molar-refractivity contribution in [2.45, 2.75) is 45.1 Å². The standard InChI is InChI=1S/C12H22N2O/c1-10-5-4-8-14(9-10)11-6-2-3-7-13-12(11)15/h10-11H,2-9H2,1H3,(H,13,15). The number of hydrogen-bond acceptors (Lipinski definition) is 2. The Morgan fingerprint density at radius 3 is 2.93 bits per heavy atom. The van der Waals surface area contributed by atoms with Crippen LogP contribution in [0.2, 0.25) is 0 Å². The molecular weight excluding hydrogens is 188 g/mol. The number of carbonyl (C=O) groups excluding carboxylic acids is 1. The summed E-state index contributed by atoms with van der Waals surface area (Å²) < 4.78 is 0. The predicted octanol–water partition coefficient (Wildman–Crippen LogP) is 1.39. The molecule has 0 radical (unpaired) electrons. The molecule has 2 unspecified atom stereocenters. The van der Waals surface area contributed by atoms with Crippen molar-refractivity contribution in [3.8, 4) is 0 Å². The highest BCUT2D eigenvalue weighted by molar-refractivity contribution is 5.81. The third-order valence-electron chi connectivity index (χ3n) is 3.64. The predicted molar refractivity (Wildman–Crippen MR) is 60.6 cm³/mol. The highest BCUT2D eigenvalue weighted by atomic mass is 16.2. The number of carbonyl (C=O) groups is 1. The van der Waals surface area contributed by atoms with Crippen LogP contribution < -0.4 is 5.32 Å². The van der Waals surface area contributed by atoms with Crippen LogP contribution in [0.3, 0.4) is 0 Å². The van der Waals surface area contributed by atoms with Crippen LogP contribution in [0, 0.1) is 5.92 Å². The van der Waals surface area contributed by atoms with Crippen molar-refractivity contribution in [1.82, 2.24) is 10.2 Å². The molecule has 0 bridgehead atoms. The minimum Gasteiger partial charge on any atom is -0.355 e. The van der Waals surface area contributed by atoms with Gasteiger partial charge in [-0.1, -0.05) is 6.92 Å². The lowest BCUT2D eigenvalue weighted by Crippen LogP contribution is -2.49. The fourth-order valence-electron chi connectivity index (χ4n) is 2.78. The molecule has 2 aliphatic heterocycles. The number of nitrogens with zero attached hydrogens (tertiary/aromatic N) is 1. The van der Waals surface area contributed by atoms with Gasteiger partial charge in [0.25, 0.3) is 0 Å². The first-order chi connectivity index (χ1) is 7.27. The van der Waals surface area contributed by atoms with Crippen LogP contribution in [0.15, 0.2) is 0 Å². The zero-order valence-corrected chi connectivity index (χ0v) is 9.67. The van der Waals surface area contributed by atoms with Crippen molar-refractivity contribution in [2.24, 2.45) is 5.92 Å². The number of hydrogen-bond donors (Lipinski definition) is 1. The van der Waals surface area contributed by atoms with Gasteiger partial charge in [-0.2, -0.15) is 0 Å². The topological polar surface area (TPSA) is 32.3 Å². The van der Waals surface area contributed by atoms with E-state index >= 15 is 0 Å². The molecule has 2 aliphatic rings. The molecule has 0 aromatic carbocycles. The summed E-state index contributed by atoms with van der Waals surface area (Å²) in [6.07, 6.45) is 5.97. The molecule has 0 spiro atoms. The van der Waals surface area contributed by atoms with Crippen LogP contribution >= 0.6 is 0 Å². The van der Waals surface area contributed by atoms with Gasteiger partial charge >= 0.3 is 0 Å². The molecule has 2 heterocycles. The number of rotatable bonds is 1. The Kier molecular flexibility index (Phi) is 3.62. The van der Waals surface area contributed by atoms with Gasteiger partial charge in [-0.05, 0) is 44.6 Å². The van der Waals surface area contributed by atoms with Gasteiger partial charge < -0.3 is 5.32 Å². The van der Waals surface area contributed by atoms with E-state index in [2.05, 4.69) is 17.1 Å². The fraction of sp³-hybridized carbons (Fsp3) is 0.917. The summed E-state index contributed by atoms with van der Waals surface area (Å²) >= 11 is 0. The lowest BCUT2D eigenvalue weighted by molar-refractivity contribution is -0.126. The smallest absolute Gasteiger partial charge is 0.237 e. The molecule has 86 valence electrons. The molecule has 0 aromatic rings. The molecule has 3 nitrogen and oxygen atoms in total. The lowest BCUT2D eigenvalue weighted by atomic mass is 9.97. The number of piperidine rings is 1. The van der Waals surface area contributed by atoms with Crippen molar-refractivity contribution in [3.63, 3.8) is 0 Å². The van der Waals surface area contributed by atoms with E-state index in [1.54, 1.807) is 0 Å².